The fourth-order valence-corrected chi connectivity index (χ4v) is 3.13. The summed E-state index contributed by atoms with van der Waals surface area (Å²) in [6, 6.07) is 16.4. The molecule has 0 fully saturated rings. The van der Waals surface area contributed by atoms with E-state index in [2.05, 4.69) is 5.32 Å². The number of nitrogens with one attached hydrogen (secondary N) is 1. The van der Waals surface area contributed by atoms with Crippen LogP contribution in [0.15, 0.2) is 72.8 Å². The molecule has 35 heavy (non-hydrogen) atoms. The van der Waals surface area contributed by atoms with Crippen LogP contribution in [0.3, 0.4) is 0 Å². The summed E-state index contributed by atoms with van der Waals surface area (Å²) in [5.41, 5.74) is 0.587. The number of carbonyl (C=O) groups excluding carboxylic acids is 2. The Morgan fingerprint density at radius 3 is 2.37 bits per heavy atom. The second kappa shape index (κ2) is 11.2. The lowest BCUT2D eigenvalue weighted by atomic mass is 10.1. The average Bonchev–Trinajstić information content (AvgIpc) is 2.81. The molecule has 0 saturated heterocycles. The molecule has 1 N–H and O–H groups in total. The van der Waals surface area contributed by atoms with E-state index in [1.807, 2.05) is 0 Å². The van der Waals surface area contributed by atoms with Gasteiger partial charge in [0.2, 0.25) is 5.91 Å². The van der Waals surface area contributed by atoms with Crippen LogP contribution in [0, 0.1) is 0 Å². The van der Waals surface area contributed by atoms with Crippen LogP contribution in [0.1, 0.15) is 23.6 Å². The first kappa shape index (κ1) is 25.4. The van der Waals surface area contributed by atoms with E-state index in [0.29, 0.717) is 22.6 Å². The maximum absolute atomic E-state index is 13.2. The van der Waals surface area contributed by atoms with Crippen molar-refractivity contribution in [3.8, 4) is 17.2 Å². The molecule has 0 aliphatic carbocycles. The summed E-state index contributed by atoms with van der Waals surface area (Å²) >= 11 is 0. The number of rotatable bonds is 8. The number of amides is 1. The Morgan fingerprint density at radius 2 is 1.66 bits per heavy atom. The first-order valence-corrected chi connectivity index (χ1v) is 10.4. The van der Waals surface area contributed by atoms with Crippen LogP contribution in [0.4, 0.5) is 18.9 Å². The molecule has 6 nitrogen and oxygen atoms in total. The Kier molecular flexibility index (Phi) is 8.14. The zero-order valence-electron chi connectivity index (χ0n) is 18.9. The fourth-order valence-electron chi connectivity index (χ4n) is 3.13. The molecule has 0 aliphatic heterocycles. The first-order chi connectivity index (χ1) is 16.7. The van der Waals surface area contributed by atoms with E-state index in [-0.39, 0.29) is 18.1 Å². The van der Waals surface area contributed by atoms with Gasteiger partial charge in [0.25, 0.3) is 0 Å². The summed E-state index contributed by atoms with van der Waals surface area (Å²) in [5.74, 6) is -0.715. The number of methoxy groups -OCH3 is 1. The molecule has 9 heteroatoms. The van der Waals surface area contributed by atoms with Gasteiger partial charge in [0, 0.05) is 24.3 Å². The summed E-state index contributed by atoms with van der Waals surface area (Å²) in [6.45, 7) is 1.08. The van der Waals surface area contributed by atoms with Crippen molar-refractivity contribution >= 4 is 23.6 Å². The van der Waals surface area contributed by atoms with Gasteiger partial charge in [0.15, 0.2) is 11.5 Å². The maximum atomic E-state index is 13.2. The van der Waals surface area contributed by atoms with Crippen molar-refractivity contribution in [2.45, 2.75) is 19.7 Å². The summed E-state index contributed by atoms with van der Waals surface area (Å²) < 4.78 is 55.3. The molecule has 1 amide bonds. The van der Waals surface area contributed by atoms with Gasteiger partial charge in [-0.1, -0.05) is 36.4 Å². The minimum atomic E-state index is -4.55. The molecule has 0 aliphatic rings. The highest BCUT2D eigenvalue weighted by molar-refractivity contribution is 6.02. The van der Waals surface area contributed by atoms with Gasteiger partial charge >= 0.3 is 12.1 Å². The van der Waals surface area contributed by atoms with Gasteiger partial charge in [-0.15, -0.1) is 0 Å². The Labute approximate surface area is 199 Å². The minimum Gasteiger partial charge on any atom is -0.493 e. The Hall–Kier alpha value is -4.27. The summed E-state index contributed by atoms with van der Waals surface area (Å²) in [5, 5.41) is 2.69. The van der Waals surface area contributed by atoms with E-state index in [4.69, 9.17) is 14.2 Å². The first-order valence-electron chi connectivity index (χ1n) is 10.4. The number of esters is 1. The zero-order chi connectivity index (χ0) is 25.4. The van der Waals surface area contributed by atoms with Gasteiger partial charge < -0.3 is 19.5 Å². The molecule has 3 aromatic rings. The van der Waals surface area contributed by atoms with Gasteiger partial charge in [-0.25, -0.2) is 0 Å². The van der Waals surface area contributed by atoms with Crippen molar-refractivity contribution in [2.24, 2.45) is 0 Å². The van der Waals surface area contributed by atoms with E-state index in [9.17, 15) is 22.8 Å². The van der Waals surface area contributed by atoms with Crippen molar-refractivity contribution in [1.29, 1.82) is 0 Å². The maximum Gasteiger partial charge on any atom is 0.419 e. The molecule has 0 unspecified atom stereocenters. The second-order valence-corrected chi connectivity index (χ2v) is 7.27. The molecular weight excluding hydrogens is 463 g/mol. The number of alkyl halides is 3. The predicted octanol–water partition coefficient (Wildman–Crippen LogP) is 5.87. The molecule has 0 radical (unpaired) electrons. The number of carbonyl (C=O) groups is 2. The largest absolute Gasteiger partial charge is 0.493 e. The van der Waals surface area contributed by atoms with Gasteiger partial charge in [-0.2, -0.15) is 13.2 Å². The third-order valence-corrected chi connectivity index (χ3v) is 4.72. The SMILES string of the molecule is COc1ccc(C=CC(=O)Nc2ccccc2COc2ccccc2C(F)(F)F)cc1OC(C)=O. The van der Waals surface area contributed by atoms with E-state index in [1.165, 1.54) is 44.4 Å². The van der Waals surface area contributed by atoms with Gasteiger partial charge in [-0.05, 0) is 42.0 Å². The summed E-state index contributed by atoms with van der Waals surface area (Å²) in [6.07, 6.45) is -1.76. The number of hydrogen-bond donors (Lipinski definition) is 1. The molecular formula is C26H22F3NO5. The Morgan fingerprint density at radius 1 is 0.943 bits per heavy atom. The van der Waals surface area contributed by atoms with Crippen molar-refractivity contribution in [2.75, 3.05) is 12.4 Å². The smallest absolute Gasteiger partial charge is 0.419 e. The molecule has 0 aromatic heterocycles. The van der Waals surface area contributed by atoms with Crippen LogP contribution < -0.4 is 19.5 Å². The number of halogens is 3. The molecule has 0 bridgehead atoms. The summed E-state index contributed by atoms with van der Waals surface area (Å²) in [7, 11) is 1.44. The van der Waals surface area contributed by atoms with Gasteiger partial charge in [0.05, 0.1) is 12.7 Å². The summed E-state index contributed by atoms with van der Waals surface area (Å²) in [4.78, 5) is 23.8. The van der Waals surface area contributed by atoms with E-state index in [1.54, 1.807) is 42.5 Å². The van der Waals surface area contributed by atoms with Crippen LogP contribution in [-0.2, 0) is 22.4 Å². The highest BCUT2D eigenvalue weighted by Crippen LogP contribution is 2.36. The lowest BCUT2D eigenvalue weighted by molar-refractivity contribution is -0.139. The number of ether oxygens (including phenoxy) is 3. The van der Waals surface area contributed by atoms with Crippen LogP contribution in [-0.4, -0.2) is 19.0 Å². The predicted molar refractivity (Wildman–Crippen MR) is 124 cm³/mol. The second-order valence-electron chi connectivity index (χ2n) is 7.27. The van der Waals surface area contributed by atoms with Gasteiger partial charge in [-0.3, -0.25) is 9.59 Å². The number of anilines is 1. The topological polar surface area (TPSA) is 73.9 Å². The van der Waals surface area contributed by atoms with Crippen molar-refractivity contribution in [1.82, 2.24) is 0 Å². The monoisotopic (exact) mass is 485 g/mol. The number of para-hydroxylation sites is 2. The van der Waals surface area contributed by atoms with Crippen LogP contribution in [0.25, 0.3) is 6.08 Å². The molecule has 0 spiro atoms. The highest BCUT2D eigenvalue weighted by Gasteiger charge is 2.34. The standard InChI is InChI=1S/C26H22F3NO5/c1-17(31)35-24-15-18(11-13-23(24)33-2)12-14-25(32)30-21-9-5-3-7-19(21)16-34-22-10-6-4-8-20(22)26(27,28)29/h3-15H,16H2,1-2H3,(H,30,32). The zero-order valence-corrected chi connectivity index (χ0v) is 18.9. The van der Waals surface area contributed by atoms with Crippen molar-refractivity contribution in [3.05, 3.63) is 89.5 Å². The van der Waals surface area contributed by atoms with E-state index >= 15 is 0 Å². The number of hydrogen-bond acceptors (Lipinski definition) is 5. The third kappa shape index (κ3) is 7.10. The quantitative estimate of drug-likeness (QED) is 0.245. The minimum absolute atomic E-state index is 0.183. The molecule has 3 aromatic carbocycles. The normalized spacial score (nSPS) is 11.2. The molecule has 3 rings (SSSR count). The van der Waals surface area contributed by atoms with Crippen molar-refractivity contribution in [3.63, 3.8) is 0 Å². The Balaban J connectivity index is 1.71. The van der Waals surface area contributed by atoms with Crippen LogP contribution in [0.5, 0.6) is 17.2 Å². The molecule has 0 atom stereocenters. The molecule has 0 saturated carbocycles. The lowest BCUT2D eigenvalue weighted by Crippen LogP contribution is -2.12. The lowest BCUT2D eigenvalue weighted by Gasteiger charge is -2.15. The number of benzene rings is 3. The van der Waals surface area contributed by atoms with Crippen LogP contribution >= 0.6 is 0 Å². The molecule has 182 valence electrons. The third-order valence-electron chi connectivity index (χ3n) is 4.72. The van der Waals surface area contributed by atoms with Crippen LogP contribution in [0.2, 0.25) is 0 Å². The molecule has 0 heterocycles. The average molecular weight is 485 g/mol. The van der Waals surface area contributed by atoms with E-state index in [0.717, 1.165) is 6.07 Å². The van der Waals surface area contributed by atoms with Gasteiger partial charge in [0.1, 0.15) is 12.4 Å². The van der Waals surface area contributed by atoms with Crippen molar-refractivity contribution < 1.29 is 37.0 Å². The Bertz CT molecular complexity index is 1240. The highest BCUT2D eigenvalue weighted by atomic mass is 19.4. The van der Waals surface area contributed by atoms with E-state index < -0.39 is 23.6 Å². The fraction of sp³-hybridized carbons (Fsp3) is 0.154.